The minimum Gasteiger partial charge on any atom is -0.480 e. The highest BCUT2D eigenvalue weighted by Gasteiger charge is 2.18. The number of aliphatic hydroxyl groups excluding tert-OH is 1. The molecule has 0 spiro atoms. The third-order valence-corrected chi connectivity index (χ3v) is 2.12. The fraction of sp³-hybridized carbons (Fsp3) is 0.200. The number of urea groups is 1. The van der Waals surface area contributed by atoms with Gasteiger partial charge in [0.05, 0.1) is 6.61 Å². The van der Waals surface area contributed by atoms with Crippen molar-refractivity contribution in [2.75, 3.05) is 11.9 Å². The number of hydrogen-bond acceptors (Lipinski definition) is 3. The lowest BCUT2D eigenvalue weighted by Gasteiger charge is -2.12. The summed E-state index contributed by atoms with van der Waals surface area (Å²) in [5, 5.41) is 21.6. The summed E-state index contributed by atoms with van der Waals surface area (Å²) in [5.74, 6) is -2.03. The average Bonchev–Trinajstić information content (AvgIpc) is 2.23. The first-order valence-corrected chi connectivity index (χ1v) is 5.17. The van der Waals surface area contributed by atoms with E-state index in [1.165, 1.54) is 6.07 Å². The molecule has 1 rings (SSSR count). The molecular weight excluding hydrogens is 267 g/mol. The number of carboxylic acids is 1. The summed E-state index contributed by atoms with van der Waals surface area (Å²) in [7, 11) is 0. The lowest BCUT2D eigenvalue weighted by molar-refractivity contribution is -0.140. The topological polar surface area (TPSA) is 98.7 Å². The van der Waals surface area contributed by atoms with E-state index < -0.39 is 30.5 Å². The molecule has 0 aliphatic rings. The standard InChI is InChI=1S/C10H10ClFN2O4/c11-5-1-6(12)3-7(2-5)13-10(18)14-8(4-15)9(16)17/h1-3,8,15H,4H2,(H,16,17)(H2,13,14,18)/t8-/m1/s1. The molecule has 98 valence electrons. The predicted octanol–water partition coefficient (Wildman–Crippen LogP) is 1.05. The Morgan fingerprint density at radius 1 is 1.39 bits per heavy atom. The van der Waals surface area contributed by atoms with E-state index in [4.69, 9.17) is 21.8 Å². The van der Waals surface area contributed by atoms with E-state index in [0.717, 1.165) is 12.1 Å². The molecule has 2 amide bonds. The van der Waals surface area contributed by atoms with Crippen LogP contribution in [0.5, 0.6) is 0 Å². The molecular formula is C10H10ClFN2O4. The summed E-state index contributed by atoms with van der Waals surface area (Å²) in [5.41, 5.74) is 0.0691. The van der Waals surface area contributed by atoms with Crippen LogP contribution in [0.25, 0.3) is 0 Å². The van der Waals surface area contributed by atoms with E-state index in [0.29, 0.717) is 0 Å². The monoisotopic (exact) mass is 276 g/mol. The summed E-state index contributed by atoms with van der Waals surface area (Å²) >= 11 is 5.57. The highest BCUT2D eigenvalue weighted by molar-refractivity contribution is 6.30. The van der Waals surface area contributed by atoms with Crippen LogP contribution in [0.4, 0.5) is 14.9 Å². The summed E-state index contributed by atoms with van der Waals surface area (Å²) in [6.07, 6.45) is 0. The zero-order valence-electron chi connectivity index (χ0n) is 8.98. The zero-order valence-corrected chi connectivity index (χ0v) is 9.74. The van der Waals surface area contributed by atoms with Crippen LogP contribution in [0.2, 0.25) is 5.02 Å². The minimum absolute atomic E-state index is 0.0691. The quantitative estimate of drug-likeness (QED) is 0.660. The van der Waals surface area contributed by atoms with Crippen molar-refractivity contribution < 1.29 is 24.2 Å². The summed E-state index contributed by atoms with van der Waals surface area (Å²) in [4.78, 5) is 21.9. The Morgan fingerprint density at radius 2 is 2.06 bits per heavy atom. The van der Waals surface area contributed by atoms with Crippen LogP contribution < -0.4 is 10.6 Å². The fourth-order valence-electron chi connectivity index (χ4n) is 1.14. The van der Waals surface area contributed by atoms with Crippen LogP contribution in [0.15, 0.2) is 18.2 Å². The average molecular weight is 277 g/mol. The zero-order chi connectivity index (χ0) is 13.7. The van der Waals surface area contributed by atoms with Gasteiger partial charge in [-0.1, -0.05) is 11.6 Å². The van der Waals surface area contributed by atoms with Gasteiger partial charge in [-0.3, -0.25) is 0 Å². The van der Waals surface area contributed by atoms with Gasteiger partial charge in [-0.25, -0.2) is 14.0 Å². The van der Waals surface area contributed by atoms with Crippen LogP contribution in [0.3, 0.4) is 0 Å². The molecule has 6 nitrogen and oxygen atoms in total. The number of aliphatic hydroxyl groups is 1. The molecule has 0 aromatic heterocycles. The van der Waals surface area contributed by atoms with Crippen LogP contribution in [-0.2, 0) is 4.79 Å². The number of benzene rings is 1. The molecule has 0 radical (unpaired) electrons. The molecule has 1 atom stereocenters. The Kier molecular flexibility index (Phi) is 4.87. The number of rotatable bonds is 4. The number of aliphatic carboxylic acids is 1. The molecule has 0 unspecified atom stereocenters. The third kappa shape index (κ3) is 4.19. The Labute approximate surface area is 106 Å². The minimum atomic E-state index is -1.44. The van der Waals surface area contributed by atoms with Gasteiger partial charge in [0.15, 0.2) is 6.04 Å². The van der Waals surface area contributed by atoms with Gasteiger partial charge >= 0.3 is 12.0 Å². The lowest BCUT2D eigenvalue weighted by atomic mass is 10.3. The van der Waals surface area contributed by atoms with Gasteiger partial charge in [0.1, 0.15) is 5.82 Å². The van der Waals surface area contributed by atoms with Crippen LogP contribution >= 0.6 is 11.6 Å². The Balaban J connectivity index is 2.67. The Hall–Kier alpha value is -1.86. The molecule has 0 saturated carbocycles. The van der Waals surface area contributed by atoms with E-state index in [2.05, 4.69) is 5.32 Å². The molecule has 0 aliphatic carbocycles. The van der Waals surface area contributed by atoms with E-state index in [-0.39, 0.29) is 10.7 Å². The maximum Gasteiger partial charge on any atom is 0.328 e. The number of hydrogen-bond donors (Lipinski definition) is 4. The number of amides is 2. The van der Waals surface area contributed by atoms with Crippen LogP contribution in [0.1, 0.15) is 0 Å². The number of carbonyl (C=O) groups is 2. The van der Waals surface area contributed by atoms with Crippen LogP contribution in [-0.4, -0.2) is 34.9 Å². The van der Waals surface area contributed by atoms with Crippen molar-refractivity contribution in [3.05, 3.63) is 29.0 Å². The van der Waals surface area contributed by atoms with Gasteiger partial charge in [0.25, 0.3) is 0 Å². The largest absolute Gasteiger partial charge is 0.480 e. The van der Waals surface area contributed by atoms with Crippen molar-refractivity contribution in [2.45, 2.75) is 6.04 Å². The van der Waals surface area contributed by atoms with Crippen molar-refractivity contribution in [1.29, 1.82) is 0 Å². The first-order chi connectivity index (χ1) is 8.42. The van der Waals surface area contributed by atoms with Crippen LogP contribution in [0, 0.1) is 5.82 Å². The first kappa shape index (κ1) is 14.2. The molecule has 0 bridgehead atoms. The maximum atomic E-state index is 12.9. The van der Waals surface area contributed by atoms with E-state index >= 15 is 0 Å². The van der Waals surface area contributed by atoms with Crippen molar-refractivity contribution >= 4 is 29.3 Å². The second kappa shape index (κ2) is 6.18. The molecule has 0 fully saturated rings. The maximum absolute atomic E-state index is 12.9. The van der Waals surface area contributed by atoms with Gasteiger partial charge in [-0.2, -0.15) is 0 Å². The molecule has 1 aromatic carbocycles. The fourth-order valence-corrected chi connectivity index (χ4v) is 1.36. The first-order valence-electron chi connectivity index (χ1n) is 4.79. The predicted molar refractivity (Wildman–Crippen MR) is 62.1 cm³/mol. The molecule has 4 N–H and O–H groups in total. The second-order valence-corrected chi connectivity index (χ2v) is 3.77. The molecule has 18 heavy (non-hydrogen) atoms. The van der Waals surface area contributed by atoms with Crippen molar-refractivity contribution in [2.24, 2.45) is 0 Å². The van der Waals surface area contributed by atoms with Gasteiger partial charge < -0.3 is 20.8 Å². The van der Waals surface area contributed by atoms with Crippen molar-refractivity contribution in [3.63, 3.8) is 0 Å². The van der Waals surface area contributed by atoms with Crippen molar-refractivity contribution in [3.8, 4) is 0 Å². The number of carboxylic acid groups (broad SMARTS) is 1. The summed E-state index contributed by atoms with van der Waals surface area (Å²) < 4.78 is 12.9. The Bertz CT molecular complexity index is 449. The molecule has 1 aromatic rings. The number of anilines is 1. The molecule has 0 saturated heterocycles. The molecule has 8 heteroatoms. The SMILES string of the molecule is O=C(Nc1cc(F)cc(Cl)c1)N[C@H](CO)C(=O)O. The highest BCUT2D eigenvalue weighted by atomic mass is 35.5. The second-order valence-electron chi connectivity index (χ2n) is 3.33. The lowest BCUT2D eigenvalue weighted by Crippen LogP contribution is -2.45. The highest BCUT2D eigenvalue weighted by Crippen LogP contribution is 2.17. The van der Waals surface area contributed by atoms with Gasteiger partial charge in [-0.05, 0) is 18.2 Å². The van der Waals surface area contributed by atoms with Gasteiger partial charge in [0.2, 0.25) is 0 Å². The number of carbonyl (C=O) groups excluding carboxylic acids is 1. The van der Waals surface area contributed by atoms with E-state index in [1.807, 2.05) is 5.32 Å². The smallest absolute Gasteiger partial charge is 0.328 e. The third-order valence-electron chi connectivity index (χ3n) is 1.91. The van der Waals surface area contributed by atoms with Gasteiger partial charge in [0, 0.05) is 10.7 Å². The van der Waals surface area contributed by atoms with Gasteiger partial charge in [-0.15, -0.1) is 0 Å². The van der Waals surface area contributed by atoms with E-state index in [9.17, 15) is 14.0 Å². The summed E-state index contributed by atoms with van der Waals surface area (Å²) in [6, 6.07) is 1.03. The van der Waals surface area contributed by atoms with E-state index in [1.54, 1.807) is 0 Å². The Morgan fingerprint density at radius 3 is 2.56 bits per heavy atom. The molecule has 0 aliphatic heterocycles. The normalized spacial score (nSPS) is 11.7. The summed E-state index contributed by atoms with van der Waals surface area (Å²) in [6.45, 7) is -0.757. The number of nitrogens with one attached hydrogen (secondary N) is 2. The molecule has 0 heterocycles. The van der Waals surface area contributed by atoms with Crippen molar-refractivity contribution in [1.82, 2.24) is 5.32 Å². The number of halogens is 2.